The molecule has 0 bridgehead atoms. The number of rotatable bonds is 21. The molecule has 1 aromatic heterocycles. The molecule has 1 fully saturated rings. The van der Waals surface area contributed by atoms with Crippen LogP contribution in [0.5, 0.6) is 5.75 Å². The van der Waals surface area contributed by atoms with Gasteiger partial charge in [-0.05, 0) is 73.3 Å². The number of aromatic amines is 1. The smallest absolute Gasteiger partial charge is 0.326 e. The summed E-state index contributed by atoms with van der Waals surface area (Å²) >= 11 is 0. The summed E-state index contributed by atoms with van der Waals surface area (Å²) in [5.41, 5.74) is 8.04. The standard InChI is InChI=1S/C45H64N8O10/c1-23(2)19-34(45(62)63)50-42(59)37(24(3)4)52-43(60)38(25(5)6)51-39(56)32(20-27-14-16-29(55)17-15-27)48-40(57)35-13-10-18-53(35)44(61)33(49-41(58)36(46)26(7)54)21-28-22-47-31-12-9-8-11-30(28)31/h8-9,11-12,14-17,22-26,32-38,47,54-55H,10,13,18-21,46H2,1-7H3,(H,48,57)(H,49,58)(H,50,59)(H,51,56)(H,52,60)(H,62,63)/t26-,32+,33+,34+,35+,36+,37+,38+/m0/s1. The molecule has 4 rings (SSSR count). The van der Waals surface area contributed by atoms with E-state index < -0.39 is 102 Å². The maximum absolute atomic E-state index is 14.4. The van der Waals surface area contributed by atoms with E-state index in [9.17, 15) is 48.9 Å². The molecule has 1 aliphatic heterocycles. The molecule has 3 aromatic rings. The van der Waals surface area contributed by atoms with E-state index in [1.54, 1.807) is 46.0 Å². The number of amides is 6. The van der Waals surface area contributed by atoms with Gasteiger partial charge in [0.1, 0.15) is 48.0 Å². The van der Waals surface area contributed by atoms with E-state index in [0.29, 0.717) is 12.0 Å². The number of nitrogens with two attached hydrogens (primary N) is 1. The number of phenols is 1. The van der Waals surface area contributed by atoms with E-state index in [1.807, 2.05) is 38.1 Å². The van der Waals surface area contributed by atoms with Gasteiger partial charge in [0.15, 0.2) is 0 Å². The third-order valence-electron chi connectivity index (χ3n) is 11.2. The topological polar surface area (TPSA) is 285 Å². The molecule has 18 nitrogen and oxygen atoms in total. The van der Waals surface area contributed by atoms with Gasteiger partial charge in [0, 0.05) is 36.5 Å². The fourth-order valence-electron chi connectivity index (χ4n) is 7.58. The zero-order valence-corrected chi connectivity index (χ0v) is 37.0. The number of benzene rings is 2. The van der Waals surface area contributed by atoms with Crippen LogP contribution in [0, 0.1) is 17.8 Å². The number of carbonyl (C=O) groups is 7. The highest BCUT2D eigenvalue weighted by molar-refractivity contribution is 5.98. The van der Waals surface area contributed by atoms with Crippen molar-refractivity contribution in [1.82, 2.24) is 36.5 Å². The number of para-hydroxylation sites is 1. The zero-order valence-electron chi connectivity index (χ0n) is 37.0. The van der Waals surface area contributed by atoms with Crippen LogP contribution in [-0.2, 0) is 46.4 Å². The van der Waals surface area contributed by atoms with Crippen LogP contribution in [0.1, 0.15) is 78.9 Å². The van der Waals surface area contributed by atoms with Crippen LogP contribution >= 0.6 is 0 Å². The largest absolute Gasteiger partial charge is 0.508 e. The molecule has 6 amide bonds. The summed E-state index contributed by atoms with van der Waals surface area (Å²) in [6.45, 7) is 11.9. The Morgan fingerprint density at radius 1 is 0.746 bits per heavy atom. The van der Waals surface area contributed by atoms with Gasteiger partial charge in [-0.3, -0.25) is 28.8 Å². The van der Waals surface area contributed by atoms with Crippen molar-refractivity contribution in [3.05, 3.63) is 65.9 Å². The van der Waals surface area contributed by atoms with E-state index in [4.69, 9.17) is 5.73 Å². The number of aliphatic hydroxyl groups excluding tert-OH is 1. The monoisotopic (exact) mass is 876 g/mol. The second kappa shape index (κ2) is 22.4. The van der Waals surface area contributed by atoms with Crippen molar-refractivity contribution >= 4 is 52.3 Å². The van der Waals surface area contributed by atoms with Crippen molar-refractivity contribution in [1.29, 1.82) is 0 Å². The van der Waals surface area contributed by atoms with Gasteiger partial charge in [-0.2, -0.15) is 0 Å². The molecule has 1 saturated heterocycles. The number of aromatic nitrogens is 1. The van der Waals surface area contributed by atoms with Gasteiger partial charge in [-0.25, -0.2) is 4.79 Å². The number of phenolic OH excluding ortho intramolecular Hbond substituents is 1. The molecule has 2 heterocycles. The molecular formula is C45H64N8O10. The van der Waals surface area contributed by atoms with Gasteiger partial charge in [0.05, 0.1) is 6.10 Å². The Balaban J connectivity index is 1.58. The van der Waals surface area contributed by atoms with E-state index >= 15 is 0 Å². The summed E-state index contributed by atoms with van der Waals surface area (Å²) in [6.07, 6.45) is 1.33. The van der Waals surface area contributed by atoms with E-state index in [-0.39, 0.29) is 43.9 Å². The van der Waals surface area contributed by atoms with Gasteiger partial charge >= 0.3 is 5.97 Å². The highest BCUT2D eigenvalue weighted by Gasteiger charge is 2.41. The van der Waals surface area contributed by atoms with Gasteiger partial charge in [-0.15, -0.1) is 0 Å². The summed E-state index contributed by atoms with van der Waals surface area (Å²) in [6, 6.07) is 5.04. The van der Waals surface area contributed by atoms with Crippen molar-refractivity contribution in [3.8, 4) is 5.75 Å². The number of carboxylic acid groups (broad SMARTS) is 1. The van der Waals surface area contributed by atoms with Gasteiger partial charge in [-0.1, -0.05) is 71.9 Å². The predicted octanol–water partition coefficient (Wildman–Crippen LogP) is 1.22. The first kappa shape index (κ1) is 49.6. The Morgan fingerprint density at radius 2 is 1.33 bits per heavy atom. The van der Waals surface area contributed by atoms with Crippen molar-refractivity contribution in [3.63, 3.8) is 0 Å². The molecule has 1 aliphatic rings. The lowest BCUT2D eigenvalue weighted by molar-refractivity contribution is -0.143. The Bertz CT molecular complexity index is 2080. The molecule has 0 spiro atoms. The number of hydrogen-bond acceptors (Lipinski definition) is 10. The molecule has 11 N–H and O–H groups in total. The summed E-state index contributed by atoms with van der Waals surface area (Å²) in [4.78, 5) is 99.8. The van der Waals surface area contributed by atoms with Gasteiger partial charge in [0.2, 0.25) is 35.4 Å². The van der Waals surface area contributed by atoms with E-state index in [2.05, 4.69) is 31.6 Å². The average Bonchev–Trinajstić information content (AvgIpc) is 3.88. The highest BCUT2D eigenvalue weighted by atomic mass is 16.4. The number of carboxylic acids is 1. The fourth-order valence-corrected chi connectivity index (χ4v) is 7.58. The molecule has 8 atom stereocenters. The van der Waals surface area contributed by atoms with Gasteiger partial charge < -0.3 is 57.5 Å². The molecule has 2 aromatic carbocycles. The lowest BCUT2D eigenvalue weighted by atomic mass is 9.97. The van der Waals surface area contributed by atoms with Crippen LogP contribution in [0.4, 0.5) is 0 Å². The maximum atomic E-state index is 14.4. The number of H-pyrrole nitrogens is 1. The Labute approximate surface area is 367 Å². The third-order valence-corrected chi connectivity index (χ3v) is 11.2. The zero-order chi connectivity index (χ0) is 46.7. The lowest BCUT2D eigenvalue weighted by Crippen LogP contribution is -2.61. The normalized spacial score (nSPS) is 17.3. The number of nitrogens with one attached hydrogen (secondary N) is 6. The number of aliphatic hydroxyl groups is 1. The minimum Gasteiger partial charge on any atom is -0.508 e. The molecule has 0 aliphatic carbocycles. The predicted molar refractivity (Wildman–Crippen MR) is 235 cm³/mol. The first-order valence-corrected chi connectivity index (χ1v) is 21.5. The van der Waals surface area contributed by atoms with Crippen molar-refractivity contribution in [2.75, 3.05) is 6.54 Å². The quantitative estimate of drug-likeness (QED) is 0.0727. The molecular weight excluding hydrogens is 813 g/mol. The van der Waals surface area contributed by atoms with Gasteiger partial charge in [0.25, 0.3) is 0 Å². The van der Waals surface area contributed by atoms with Crippen molar-refractivity contribution in [2.24, 2.45) is 23.5 Å². The van der Waals surface area contributed by atoms with E-state index in [1.165, 1.54) is 24.0 Å². The highest BCUT2D eigenvalue weighted by Crippen LogP contribution is 2.24. The Hall–Kier alpha value is -6.01. The molecule has 18 heteroatoms. The minimum absolute atomic E-state index is 0.0215. The summed E-state index contributed by atoms with van der Waals surface area (Å²) in [5, 5.41) is 43.9. The molecule has 0 radical (unpaired) electrons. The number of aromatic hydroxyl groups is 1. The molecule has 344 valence electrons. The fraction of sp³-hybridized carbons (Fsp3) is 0.533. The Kier molecular flexibility index (Phi) is 17.6. The van der Waals surface area contributed by atoms with E-state index in [0.717, 1.165) is 16.5 Å². The molecule has 63 heavy (non-hydrogen) atoms. The second-order valence-corrected chi connectivity index (χ2v) is 17.5. The second-order valence-electron chi connectivity index (χ2n) is 17.5. The van der Waals surface area contributed by atoms with Crippen LogP contribution in [0.3, 0.4) is 0 Å². The van der Waals surface area contributed by atoms with Crippen LogP contribution in [0.2, 0.25) is 0 Å². The SMILES string of the molecule is CC(C)C[C@@H](NC(=O)[C@H](NC(=O)[C@H](NC(=O)[C@@H](Cc1ccc(O)cc1)NC(=O)[C@H]1CCCN1C(=O)[C@@H](Cc1c[nH]c2ccccc12)NC(=O)[C@H](N)[C@H](C)O)C(C)C)C(C)C)C(=O)O. The number of carbonyl (C=O) groups excluding carboxylic acids is 6. The number of hydrogen-bond donors (Lipinski definition) is 10. The maximum Gasteiger partial charge on any atom is 0.326 e. The third kappa shape index (κ3) is 13.5. The summed E-state index contributed by atoms with van der Waals surface area (Å²) in [7, 11) is 0. The van der Waals surface area contributed by atoms with Crippen molar-refractivity contribution in [2.45, 2.75) is 129 Å². The van der Waals surface area contributed by atoms with Crippen LogP contribution in [-0.4, -0.2) is 122 Å². The minimum atomic E-state index is -1.33. The van der Waals surface area contributed by atoms with Crippen molar-refractivity contribution < 1.29 is 48.9 Å². The van der Waals surface area contributed by atoms with Crippen LogP contribution < -0.4 is 32.3 Å². The summed E-state index contributed by atoms with van der Waals surface area (Å²) < 4.78 is 0. The van der Waals surface area contributed by atoms with Crippen LogP contribution in [0.25, 0.3) is 10.9 Å². The summed E-state index contributed by atoms with van der Waals surface area (Å²) in [5.74, 6) is -6.37. The number of likely N-dealkylation sites (tertiary alicyclic amines) is 1. The average molecular weight is 877 g/mol. The Morgan fingerprint density at radius 3 is 1.92 bits per heavy atom. The first-order chi connectivity index (χ1) is 29.7. The first-order valence-electron chi connectivity index (χ1n) is 21.5. The number of aliphatic carboxylic acids is 1. The number of nitrogens with zero attached hydrogens (tertiary/aromatic N) is 1. The molecule has 0 unspecified atom stereocenters. The van der Waals surface area contributed by atoms with Crippen LogP contribution in [0.15, 0.2) is 54.7 Å². The molecule has 0 saturated carbocycles. The lowest BCUT2D eigenvalue weighted by Gasteiger charge is -2.31. The number of fused-ring (bicyclic) bond motifs is 1.